The van der Waals surface area contributed by atoms with E-state index in [0.717, 1.165) is 23.0 Å². The Morgan fingerprint density at radius 2 is 1.78 bits per heavy atom. The molecule has 1 aliphatic rings. The predicted molar refractivity (Wildman–Crippen MR) is 105 cm³/mol. The molecule has 0 saturated heterocycles. The third-order valence-corrected chi connectivity index (χ3v) is 4.71. The number of alkyl halides is 2. The van der Waals surface area contributed by atoms with Crippen LogP contribution in [0.5, 0.6) is 17.2 Å². The number of rotatable bonds is 4. The third kappa shape index (κ3) is 3.23. The summed E-state index contributed by atoms with van der Waals surface area (Å²) in [6.07, 6.45) is -1.28. The molecule has 11 heteroatoms. The molecule has 0 fully saturated rings. The van der Waals surface area contributed by atoms with Crippen molar-refractivity contribution in [2.24, 2.45) is 0 Å². The van der Waals surface area contributed by atoms with Crippen LogP contribution in [0, 0.1) is 5.82 Å². The average molecular weight is 442 g/mol. The van der Waals surface area contributed by atoms with Crippen molar-refractivity contribution in [1.29, 1.82) is 0 Å². The van der Waals surface area contributed by atoms with E-state index in [1.54, 1.807) is 30.3 Å². The van der Waals surface area contributed by atoms with E-state index in [2.05, 4.69) is 19.7 Å². The van der Waals surface area contributed by atoms with Crippen LogP contribution in [0.3, 0.4) is 0 Å². The van der Waals surface area contributed by atoms with Gasteiger partial charge in [0.15, 0.2) is 28.8 Å². The first-order valence-electron chi connectivity index (χ1n) is 9.24. The Labute approximate surface area is 178 Å². The molecule has 0 amide bonds. The minimum atomic E-state index is -3.91. The van der Waals surface area contributed by atoms with E-state index < -0.39 is 23.3 Å². The number of ether oxygens (including phenoxy) is 3. The van der Waals surface area contributed by atoms with Crippen molar-refractivity contribution in [2.75, 3.05) is 7.11 Å². The molecule has 4 aromatic rings. The number of para-hydroxylation sites is 1. The molecule has 1 aliphatic heterocycles. The smallest absolute Gasteiger partial charge is 0.491 e. The lowest BCUT2D eigenvalue weighted by Gasteiger charge is -2.13. The summed E-state index contributed by atoms with van der Waals surface area (Å²) < 4.78 is 57.8. The summed E-state index contributed by atoms with van der Waals surface area (Å²) in [4.78, 5) is 12.9. The van der Waals surface area contributed by atoms with E-state index in [9.17, 15) is 18.0 Å². The molecule has 0 N–H and O–H groups in total. The van der Waals surface area contributed by atoms with Crippen molar-refractivity contribution in [3.05, 3.63) is 77.0 Å². The average Bonchev–Trinajstić information content (AvgIpc) is 3.37. The number of halogens is 3. The Hall–Kier alpha value is -4.28. The molecule has 0 aliphatic carbocycles. The van der Waals surface area contributed by atoms with Crippen LogP contribution in [0.25, 0.3) is 22.8 Å². The molecule has 0 spiro atoms. The summed E-state index contributed by atoms with van der Waals surface area (Å²) in [5, 5.41) is 8.48. The molecule has 5 rings (SSSR count). The summed E-state index contributed by atoms with van der Waals surface area (Å²) in [7, 11) is 1.27. The fourth-order valence-electron chi connectivity index (χ4n) is 3.30. The van der Waals surface area contributed by atoms with Gasteiger partial charge in [0.1, 0.15) is 5.69 Å². The van der Waals surface area contributed by atoms with E-state index >= 15 is 0 Å². The molecule has 0 radical (unpaired) electrons. The summed E-state index contributed by atoms with van der Waals surface area (Å²) in [6, 6.07) is 12.3. The van der Waals surface area contributed by atoms with Crippen molar-refractivity contribution in [3.8, 4) is 40.0 Å². The fraction of sp³-hybridized carbons (Fsp3) is 0.0952. The van der Waals surface area contributed by atoms with Crippen molar-refractivity contribution in [3.63, 3.8) is 0 Å². The lowest BCUT2D eigenvalue weighted by atomic mass is 10.2. The van der Waals surface area contributed by atoms with Gasteiger partial charge < -0.3 is 14.2 Å². The van der Waals surface area contributed by atoms with E-state index in [1.807, 2.05) is 6.07 Å². The molecule has 8 nitrogen and oxygen atoms in total. The first-order valence-corrected chi connectivity index (χ1v) is 9.24. The maximum absolute atomic E-state index is 14.8. The molecule has 3 heterocycles. The largest absolute Gasteiger partial charge is 0.586 e. The highest BCUT2D eigenvalue weighted by atomic mass is 19.3. The van der Waals surface area contributed by atoms with Crippen molar-refractivity contribution in [1.82, 2.24) is 19.6 Å². The zero-order chi connectivity index (χ0) is 22.5. The third-order valence-electron chi connectivity index (χ3n) is 4.71. The number of hydrogen-bond acceptors (Lipinski definition) is 6. The second-order valence-corrected chi connectivity index (χ2v) is 6.70. The second-order valence-electron chi connectivity index (χ2n) is 6.70. The number of benzene rings is 2. The van der Waals surface area contributed by atoms with Crippen LogP contribution in [-0.2, 0) is 0 Å². The minimum absolute atomic E-state index is 0.0897. The Kier molecular flexibility index (Phi) is 4.40. The van der Waals surface area contributed by atoms with Crippen LogP contribution in [0.2, 0.25) is 0 Å². The van der Waals surface area contributed by atoms with Gasteiger partial charge in [-0.15, -0.1) is 8.78 Å². The first kappa shape index (κ1) is 19.7. The van der Waals surface area contributed by atoms with Gasteiger partial charge in [-0.05, 0) is 18.2 Å². The van der Waals surface area contributed by atoms with E-state index in [4.69, 9.17) is 4.74 Å². The van der Waals surface area contributed by atoms with Gasteiger partial charge in [-0.1, -0.05) is 18.2 Å². The van der Waals surface area contributed by atoms with Gasteiger partial charge in [0, 0.05) is 12.1 Å². The predicted octanol–water partition coefficient (Wildman–Crippen LogP) is 3.55. The number of fused-ring (bicyclic) bond motifs is 1. The van der Waals surface area contributed by atoms with Crippen LogP contribution in [0.15, 0.2) is 65.7 Å². The van der Waals surface area contributed by atoms with E-state index in [-0.39, 0.29) is 22.9 Å². The van der Waals surface area contributed by atoms with Gasteiger partial charge >= 0.3 is 6.29 Å². The number of methoxy groups -OCH3 is 1. The van der Waals surface area contributed by atoms with Gasteiger partial charge in [0.25, 0.3) is 5.43 Å². The van der Waals surface area contributed by atoms with Crippen molar-refractivity contribution >= 4 is 0 Å². The standard InChI is InChI=1S/C21H13F3N4O4/c1-30-18-11-27(15-10-17-16(9-13(15)22)31-21(23,24)32-17)26-19(20(18)29)14-7-8-25-28(14)12-5-3-2-4-6-12/h2-11H,1H3. The van der Waals surface area contributed by atoms with Gasteiger partial charge in [0.05, 0.1) is 30.9 Å². The van der Waals surface area contributed by atoms with Gasteiger partial charge in [-0.3, -0.25) is 4.79 Å². The monoisotopic (exact) mass is 442 g/mol. The topological polar surface area (TPSA) is 80.4 Å². The molecule has 0 atom stereocenters. The lowest BCUT2D eigenvalue weighted by Crippen LogP contribution is -2.25. The molecule has 162 valence electrons. The van der Waals surface area contributed by atoms with Gasteiger partial charge in [0.2, 0.25) is 0 Å². The van der Waals surface area contributed by atoms with Crippen LogP contribution in [0.1, 0.15) is 0 Å². The highest BCUT2D eigenvalue weighted by Gasteiger charge is 2.44. The molecule has 0 unspecified atom stereocenters. The van der Waals surface area contributed by atoms with Crippen molar-refractivity contribution in [2.45, 2.75) is 6.29 Å². The Morgan fingerprint density at radius 1 is 1.06 bits per heavy atom. The SMILES string of the molecule is COc1cn(-c2cc3c(cc2F)OC(F)(F)O3)nc(-c2ccnn2-c2ccccc2)c1=O. The van der Waals surface area contributed by atoms with Gasteiger partial charge in [-0.2, -0.15) is 10.2 Å². The summed E-state index contributed by atoms with van der Waals surface area (Å²) in [5.74, 6) is -1.89. The highest BCUT2D eigenvalue weighted by molar-refractivity contribution is 5.60. The van der Waals surface area contributed by atoms with Gasteiger partial charge in [-0.25, -0.2) is 13.8 Å². The molecular weight excluding hydrogens is 429 g/mol. The van der Waals surface area contributed by atoms with Crippen LogP contribution in [-0.4, -0.2) is 33.0 Å². The van der Waals surface area contributed by atoms with Crippen molar-refractivity contribution < 1.29 is 27.4 Å². The molecule has 2 aromatic carbocycles. The first-order chi connectivity index (χ1) is 15.4. The quantitative estimate of drug-likeness (QED) is 0.481. The van der Waals surface area contributed by atoms with Crippen LogP contribution >= 0.6 is 0 Å². The maximum Gasteiger partial charge on any atom is 0.586 e. The van der Waals surface area contributed by atoms with Crippen LogP contribution < -0.4 is 19.6 Å². The fourth-order valence-corrected chi connectivity index (χ4v) is 3.30. The zero-order valence-electron chi connectivity index (χ0n) is 16.3. The maximum atomic E-state index is 14.8. The lowest BCUT2D eigenvalue weighted by molar-refractivity contribution is -0.286. The number of aromatic nitrogens is 4. The minimum Gasteiger partial charge on any atom is -0.491 e. The number of hydrogen-bond donors (Lipinski definition) is 0. The highest BCUT2D eigenvalue weighted by Crippen LogP contribution is 2.42. The molecule has 32 heavy (non-hydrogen) atoms. The van der Waals surface area contributed by atoms with E-state index in [1.165, 1.54) is 18.0 Å². The Morgan fingerprint density at radius 3 is 2.50 bits per heavy atom. The molecule has 0 bridgehead atoms. The van der Waals surface area contributed by atoms with Crippen LogP contribution in [0.4, 0.5) is 13.2 Å². The Balaban J connectivity index is 1.69. The molecule has 2 aromatic heterocycles. The zero-order valence-corrected chi connectivity index (χ0v) is 16.3. The number of nitrogens with zero attached hydrogens (tertiary/aromatic N) is 4. The van der Waals surface area contributed by atoms with E-state index in [0.29, 0.717) is 11.4 Å². The normalized spacial score (nSPS) is 13.9. The Bertz CT molecular complexity index is 1390. The molecule has 0 saturated carbocycles. The molecular formula is C21H13F3N4O4. The second kappa shape index (κ2) is 7.15. The summed E-state index contributed by atoms with van der Waals surface area (Å²) >= 11 is 0. The summed E-state index contributed by atoms with van der Waals surface area (Å²) in [6.45, 7) is 0. The summed E-state index contributed by atoms with van der Waals surface area (Å²) in [5.41, 5.74) is 0.0821.